The van der Waals surface area contributed by atoms with Gasteiger partial charge in [-0.3, -0.25) is 0 Å². The number of rotatable bonds is 1. The second-order valence-corrected chi connectivity index (χ2v) is 10.7. The van der Waals surface area contributed by atoms with Crippen LogP contribution in [0, 0.1) is 34.5 Å². The van der Waals surface area contributed by atoms with E-state index in [1.54, 1.807) is 6.92 Å². The molecule has 3 saturated carbocycles. The van der Waals surface area contributed by atoms with Crippen molar-refractivity contribution in [3.63, 3.8) is 0 Å². The Hall–Kier alpha value is -0.180. The van der Waals surface area contributed by atoms with Gasteiger partial charge in [0.25, 0.3) is 0 Å². The average molecular weight is 510 g/mol. The summed E-state index contributed by atoms with van der Waals surface area (Å²) in [6, 6.07) is 0. The zero-order chi connectivity index (χ0) is 17.3. The van der Waals surface area contributed by atoms with E-state index in [0.29, 0.717) is 34.0 Å². The summed E-state index contributed by atoms with van der Waals surface area (Å²) in [4.78, 5) is 24.3. The van der Waals surface area contributed by atoms with Crippen molar-refractivity contribution >= 4 is 11.6 Å². The van der Waals surface area contributed by atoms with Crippen molar-refractivity contribution in [3.05, 3.63) is 11.6 Å². The van der Waals surface area contributed by atoms with Crippen LogP contribution in [0.3, 0.4) is 0 Å². The van der Waals surface area contributed by atoms with Crippen LogP contribution < -0.4 is 0 Å². The first-order valence-electron chi connectivity index (χ1n) is 9.62. The third-order valence-corrected chi connectivity index (χ3v) is 10.2. The monoisotopic (exact) mass is 510 g/mol. The molecule has 4 aliphatic carbocycles. The number of fused-ring (bicyclic) bond motifs is 5. The van der Waals surface area contributed by atoms with Crippen molar-refractivity contribution in [2.24, 2.45) is 34.5 Å². The Kier molecular flexibility index (Phi) is 4.07. The zero-order valence-electron chi connectivity index (χ0n) is 15.0. The molecule has 0 aromatic rings. The number of hydrogen-bond donors (Lipinski definition) is 0. The van der Waals surface area contributed by atoms with Gasteiger partial charge >= 0.3 is 158 Å². The molecular weight excluding hydrogens is 481 g/mol. The molecule has 136 valence electrons. The van der Waals surface area contributed by atoms with Gasteiger partial charge in [0.2, 0.25) is 0 Å². The van der Waals surface area contributed by atoms with Gasteiger partial charge in [0.05, 0.1) is 0 Å². The van der Waals surface area contributed by atoms with Crippen molar-refractivity contribution in [1.82, 2.24) is 0 Å². The predicted molar refractivity (Wildman–Crippen MR) is 90.0 cm³/mol. The Balaban J connectivity index is 1.70. The fraction of sp³-hybridized carbons (Fsp3) is 0.810. The fourth-order valence-corrected chi connectivity index (χ4v) is 8.49. The van der Waals surface area contributed by atoms with Gasteiger partial charge in [-0.15, -0.1) is 0 Å². The summed E-state index contributed by atoms with van der Waals surface area (Å²) >= 11 is 2.77. The van der Waals surface area contributed by atoms with Gasteiger partial charge in [0, 0.05) is 0 Å². The van der Waals surface area contributed by atoms with E-state index in [4.69, 9.17) is 0 Å². The third-order valence-electron chi connectivity index (χ3n) is 8.44. The van der Waals surface area contributed by atoms with Gasteiger partial charge in [0.1, 0.15) is 0 Å². The van der Waals surface area contributed by atoms with Crippen LogP contribution >= 0.6 is 0 Å². The van der Waals surface area contributed by atoms with Gasteiger partial charge in [0.15, 0.2) is 0 Å². The van der Waals surface area contributed by atoms with Gasteiger partial charge in [-0.2, -0.15) is 0 Å². The molecule has 0 aromatic heterocycles. The normalized spacial score (nSPS) is 50.6. The quantitative estimate of drug-likeness (QED) is 0.481. The summed E-state index contributed by atoms with van der Waals surface area (Å²) in [5.41, 5.74) is 1.85. The molecule has 0 aliphatic heterocycles. The molecule has 0 spiro atoms. The molecule has 2 nitrogen and oxygen atoms in total. The van der Waals surface area contributed by atoms with E-state index in [-0.39, 0.29) is 16.7 Å². The molecule has 4 rings (SSSR count). The number of carbonyl (C=O) groups excluding carboxylic acids is 2. The first-order valence-corrected chi connectivity index (χ1v) is 10.9. The van der Waals surface area contributed by atoms with E-state index >= 15 is 0 Å². The van der Waals surface area contributed by atoms with E-state index in [9.17, 15) is 9.59 Å². The number of hydrogen-bond acceptors (Lipinski definition) is 2. The fourth-order valence-electron chi connectivity index (χ4n) is 7.19. The first kappa shape index (κ1) is 17.2. The molecule has 4 aliphatic rings. The molecule has 1 unspecified atom stereocenters. The average Bonchev–Trinajstić information content (AvgIpc) is 2.86. The Morgan fingerprint density at radius 2 is 1.92 bits per heavy atom. The van der Waals surface area contributed by atoms with E-state index in [1.165, 1.54) is 31.3 Å². The molecule has 0 saturated heterocycles. The Morgan fingerprint density at radius 1 is 1.17 bits per heavy atom. The van der Waals surface area contributed by atoms with Crippen LogP contribution in [0.5, 0.6) is 0 Å². The van der Waals surface area contributed by atoms with Gasteiger partial charge in [-0.25, -0.2) is 0 Å². The number of allylic oxidation sites excluding steroid dienone is 1. The summed E-state index contributed by atoms with van der Waals surface area (Å²) in [7, 11) is 0. The maximum atomic E-state index is 12.2. The molecule has 0 amide bonds. The van der Waals surface area contributed by atoms with Crippen LogP contribution in [0.2, 0.25) is 4.14 Å². The van der Waals surface area contributed by atoms with Crippen LogP contribution in [-0.4, -0.2) is 11.6 Å². The van der Waals surface area contributed by atoms with Crippen molar-refractivity contribution in [2.45, 2.75) is 69.9 Å². The molecule has 7 atom stereocenters. The molecule has 3 heteroatoms. The zero-order valence-corrected chi connectivity index (χ0v) is 17.2. The topological polar surface area (TPSA) is 34.1 Å². The number of carbonyl (C=O) groups is 2. The standard InChI is InChI=1S/C21H29O2.Au/c1-13(22)17-6-7-18-16-5-4-14-12-15(23)8-10-20(14,2)19(16)9-11-21(17,18)3;/h10,12,16-19H,4-9,11H2,1-3H3;/t16-,17+,18-,19-,20-,21+;/m0./s1. The summed E-state index contributed by atoms with van der Waals surface area (Å²) in [5, 5.41) is 0. The minimum absolute atomic E-state index is 0.190. The maximum absolute atomic E-state index is 12.2. The van der Waals surface area contributed by atoms with E-state index in [0.717, 1.165) is 18.8 Å². The van der Waals surface area contributed by atoms with E-state index in [1.807, 2.05) is 6.08 Å². The third kappa shape index (κ3) is 2.18. The molecule has 0 bridgehead atoms. The Morgan fingerprint density at radius 3 is 2.62 bits per heavy atom. The Labute approximate surface area is 158 Å². The molecule has 0 N–H and O–H groups in total. The number of ketones is 2. The van der Waals surface area contributed by atoms with Crippen molar-refractivity contribution in [1.29, 1.82) is 0 Å². The van der Waals surface area contributed by atoms with Gasteiger partial charge in [-0.1, -0.05) is 0 Å². The minimum atomic E-state index is 0.190. The molecule has 0 radical (unpaired) electrons. The van der Waals surface area contributed by atoms with E-state index in [2.05, 4.69) is 34.9 Å². The molecule has 24 heavy (non-hydrogen) atoms. The summed E-state index contributed by atoms with van der Waals surface area (Å²) < 4.78 is 0.409. The van der Waals surface area contributed by atoms with Crippen LogP contribution in [0.15, 0.2) is 11.6 Å². The molecule has 0 aromatic carbocycles. The summed E-state index contributed by atoms with van der Waals surface area (Å²) in [5.74, 6) is 3.18. The van der Waals surface area contributed by atoms with Crippen LogP contribution in [-0.2, 0) is 30.7 Å². The SMILES string of the molecule is CC(=O)[C@H]1CC[C@H]2[C@@H]3CCC4=CC(=O)C[CH]([Au])[C@]4(C)[C@H]3CC[C@]12C. The van der Waals surface area contributed by atoms with Crippen LogP contribution in [0.1, 0.15) is 65.7 Å². The molecule has 0 heterocycles. The van der Waals surface area contributed by atoms with Crippen molar-refractivity contribution in [3.8, 4) is 0 Å². The van der Waals surface area contributed by atoms with Crippen molar-refractivity contribution < 1.29 is 30.7 Å². The van der Waals surface area contributed by atoms with Gasteiger partial charge in [-0.05, 0) is 0 Å². The summed E-state index contributed by atoms with van der Waals surface area (Å²) in [6.45, 7) is 6.65. The second-order valence-electron chi connectivity index (χ2n) is 9.24. The second kappa shape index (κ2) is 5.66. The predicted octanol–water partition coefficient (Wildman–Crippen LogP) is 4.67. The first-order chi connectivity index (χ1) is 11.3. The van der Waals surface area contributed by atoms with E-state index < -0.39 is 0 Å². The summed E-state index contributed by atoms with van der Waals surface area (Å²) in [6.07, 6.45) is 9.77. The van der Waals surface area contributed by atoms with Gasteiger partial charge < -0.3 is 0 Å². The molecule has 3 fully saturated rings. The molecular formula is C21H29AuO2. The Bertz CT molecular complexity index is 623. The van der Waals surface area contributed by atoms with Crippen molar-refractivity contribution in [2.75, 3.05) is 0 Å². The number of Topliss-reactive ketones (excluding diaryl/α,β-unsaturated/α-hetero) is 1. The van der Waals surface area contributed by atoms with Crippen LogP contribution in [0.4, 0.5) is 0 Å². The van der Waals surface area contributed by atoms with Crippen LogP contribution in [0.25, 0.3) is 0 Å².